The van der Waals surface area contributed by atoms with Crippen LogP contribution in [0.1, 0.15) is 46.1 Å². The number of hydrogen-bond acceptors (Lipinski definition) is 4. The Labute approximate surface area is 174 Å². The number of rotatable bonds is 8. The van der Waals surface area contributed by atoms with Crippen LogP contribution in [0.25, 0.3) is 0 Å². The van der Waals surface area contributed by atoms with Crippen LogP contribution in [0, 0.1) is 11.8 Å². The van der Waals surface area contributed by atoms with Gasteiger partial charge in [-0.25, -0.2) is 8.42 Å². The largest absolute Gasteiger partial charge is 0.490 e. The molecule has 0 amide bonds. The molecule has 0 spiro atoms. The zero-order valence-corrected chi connectivity index (χ0v) is 18.5. The number of hydrogen-bond donors (Lipinski definition) is 2. The van der Waals surface area contributed by atoms with E-state index < -0.39 is 15.3 Å². The second kappa shape index (κ2) is 9.08. The Morgan fingerprint density at radius 1 is 0.966 bits per heavy atom. The zero-order chi connectivity index (χ0) is 21.0. The third-order valence-electron chi connectivity index (χ3n) is 5.86. The molecule has 2 N–H and O–H groups in total. The fraction of sp³-hybridized carbons (Fsp3) is 0.478. The van der Waals surface area contributed by atoms with Crippen molar-refractivity contribution in [3.8, 4) is 5.75 Å². The summed E-state index contributed by atoms with van der Waals surface area (Å²) in [5.74, 6) is 2.25. The fourth-order valence-electron chi connectivity index (χ4n) is 3.49. The van der Waals surface area contributed by atoms with Crippen LogP contribution < -0.4 is 14.8 Å². The van der Waals surface area contributed by atoms with Gasteiger partial charge < -0.3 is 10.1 Å². The number of anilines is 2. The topological polar surface area (TPSA) is 67.4 Å². The van der Waals surface area contributed by atoms with Crippen LogP contribution in [0.5, 0.6) is 5.75 Å². The van der Waals surface area contributed by atoms with E-state index in [1.165, 1.54) is 6.42 Å². The molecule has 2 aromatic carbocycles. The molecule has 1 aliphatic carbocycles. The van der Waals surface area contributed by atoms with Gasteiger partial charge in [0.15, 0.2) is 0 Å². The first-order valence-electron chi connectivity index (χ1n) is 10.4. The second-order valence-electron chi connectivity index (χ2n) is 8.34. The average Bonchev–Trinajstić information content (AvgIpc) is 3.00. The van der Waals surface area contributed by atoms with Crippen LogP contribution in [0.4, 0.5) is 11.4 Å². The van der Waals surface area contributed by atoms with Crippen molar-refractivity contribution in [1.82, 2.24) is 0 Å². The van der Waals surface area contributed by atoms with Gasteiger partial charge in [0.25, 0.3) is 0 Å². The predicted molar refractivity (Wildman–Crippen MR) is 120 cm³/mol. The molecule has 3 rings (SSSR count). The first-order chi connectivity index (χ1) is 13.7. The maximum Gasteiger partial charge on any atom is 0.235 e. The summed E-state index contributed by atoms with van der Waals surface area (Å²) in [6.45, 7) is 8.55. The number of nitrogens with one attached hydrogen (secondary N) is 2. The smallest absolute Gasteiger partial charge is 0.235 e. The van der Waals surface area contributed by atoms with Crippen molar-refractivity contribution in [3.63, 3.8) is 0 Å². The van der Waals surface area contributed by atoms with Gasteiger partial charge in [0, 0.05) is 17.9 Å². The maximum absolute atomic E-state index is 11.9. The monoisotopic (exact) mass is 416 g/mol. The van der Waals surface area contributed by atoms with E-state index in [4.69, 9.17) is 4.74 Å². The molecule has 0 saturated heterocycles. The zero-order valence-electron chi connectivity index (χ0n) is 17.7. The molecule has 0 aliphatic heterocycles. The molecule has 0 aromatic heterocycles. The Bertz CT molecular complexity index is 893. The van der Waals surface area contributed by atoms with E-state index in [0.29, 0.717) is 24.3 Å². The van der Waals surface area contributed by atoms with Crippen molar-refractivity contribution in [3.05, 3.63) is 54.1 Å². The van der Waals surface area contributed by atoms with Crippen LogP contribution >= 0.6 is 0 Å². The van der Waals surface area contributed by atoms with Gasteiger partial charge in [0.1, 0.15) is 11.9 Å². The van der Waals surface area contributed by atoms with Crippen molar-refractivity contribution >= 4 is 21.4 Å². The summed E-state index contributed by atoms with van der Waals surface area (Å²) < 4.78 is 32.6. The normalized spacial score (nSPS) is 21.9. The third-order valence-corrected chi connectivity index (χ3v) is 7.63. The number of ether oxygens (including phenoxy) is 1. The molecule has 3 unspecified atom stereocenters. The Hall–Kier alpha value is -2.21. The lowest BCUT2D eigenvalue weighted by Gasteiger charge is -2.20. The highest BCUT2D eigenvalue weighted by Gasteiger charge is 2.31. The Balaban J connectivity index is 1.51. The van der Waals surface area contributed by atoms with E-state index in [-0.39, 0.29) is 0 Å². The minimum Gasteiger partial charge on any atom is -0.490 e. The van der Waals surface area contributed by atoms with Crippen LogP contribution in [0.3, 0.4) is 0 Å². The summed E-state index contributed by atoms with van der Waals surface area (Å²) in [5.41, 5.74) is 2.68. The lowest BCUT2D eigenvalue weighted by Crippen LogP contribution is -2.22. The van der Waals surface area contributed by atoms with Gasteiger partial charge >= 0.3 is 0 Å². The standard InChI is InChI=1S/C23H32N2O3S/c1-16(2)29(26,27)25-21-8-6-19(7-9-21)15-24-20-10-12-22(13-11-20)28-23-14-5-17(3)18(23)4/h6-13,16-18,23-25H,5,14-15H2,1-4H3. The average molecular weight is 417 g/mol. The molecule has 1 saturated carbocycles. The van der Waals surface area contributed by atoms with Crippen molar-refractivity contribution in [1.29, 1.82) is 0 Å². The van der Waals surface area contributed by atoms with Gasteiger partial charge in [-0.3, -0.25) is 4.72 Å². The number of sulfonamides is 1. The lowest BCUT2D eigenvalue weighted by molar-refractivity contribution is 0.155. The molecule has 29 heavy (non-hydrogen) atoms. The Kier molecular flexibility index (Phi) is 6.73. The summed E-state index contributed by atoms with van der Waals surface area (Å²) >= 11 is 0. The van der Waals surface area contributed by atoms with Crippen molar-refractivity contribution in [2.75, 3.05) is 10.0 Å². The van der Waals surface area contributed by atoms with Gasteiger partial charge in [0.2, 0.25) is 10.0 Å². The molecule has 1 fully saturated rings. The number of benzene rings is 2. The van der Waals surface area contributed by atoms with Gasteiger partial charge in [-0.15, -0.1) is 0 Å². The first kappa shape index (κ1) is 21.5. The van der Waals surface area contributed by atoms with Crippen LogP contribution in [-0.2, 0) is 16.6 Å². The van der Waals surface area contributed by atoms with Crippen LogP contribution in [0.15, 0.2) is 48.5 Å². The van der Waals surface area contributed by atoms with Gasteiger partial charge in [-0.1, -0.05) is 26.0 Å². The molecular weight excluding hydrogens is 384 g/mol. The molecule has 1 aliphatic rings. The lowest BCUT2D eigenvalue weighted by atomic mass is 9.99. The van der Waals surface area contributed by atoms with Crippen LogP contribution in [-0.4, -0.2) is 19.8 Å². The van der Waals surface area contributed by atoms with E-state index in [1.807, 2.05) is 36.4 Å². The fourth-order valence-corrected chi connectivity index (χ4v) is 4.19. The highest BCUT2D eigenvalue weighted by molar-refractivity contribution is 7.93. The van der Waals surface area contributed by atoms with E-state index in [1.54, 1.807) is 26.0 Å². The van der Waals surface area contributed by atoms with Crippen molar-refractivity contribution in [2.45, 2.75) is 58.4 Å². The van der Waals surface area contributed by atoms with Gasteiger partial charge in [-0.2, -0.15) is 0 Å². The quantitative estimate of drug-likeness (QED) is 0.616. The molecule has 0 radical (unpaired) electrons. The predicted octanol–water partition coefficient (Wildman–Crippen LogP) is 5.26. The molecule has 158 valence electrons. The molecule has 3 atom stereocenters. The first-order valence-corrected chi connectivity index (χ1v) is 11.9. The molecule has 2 aromatic rings. The molecule has 5 nitrogen and oxygen atoms in total. The van der Waals surface area contributed by atoms with Crippen molar-refractivity contribution < 1.29 is 13.2 Å². The van der Waals surface area contributed by atoms with E-state index in [2.05, 4.69) is 23.9 Å². The third kappa shape index (κ3) is 5.66. The summed E-state index contributed by atoms with van der Waals surface area (Å²) in [7, 11) is -3.32. The molecule has 6 heteroatoms. The van der Waals surface area contributed by atoms with E-state index in [0.717, 1.165) is 29.3 Å². The molecule has 0 bridgehead atoms. The molecule has 0 heterocycles. The van der Waals surface area contributed by atoms with E-state index >= 15 is 0 Å². The summed E-state index contributed by atoms with van der Waals surface area (Å²) in [5, 5.41) is 2.93. The summed E-state index contributed by atoms with van der Waals surface area (Å²) in [4.78, 5) is 0. The summed E-state index contributed by atoms with van der Waals surface area (Å²) in [6.07, 6.45) is 2.69. The highest BCUT2D eigenvalue weighted by atomic mass is 32.2. The highest BCUT2D eigenvalue weighted by Crippen LogP contribution is 2.34. The van der Waals surface area contributed by atoms with E-state index in [9.17, 15) is 8.42 Å². The minimum atomic E-state index is -3.32. The minimum absolute atomic E-state index is 0.315. The SMILES string of the molecule is CC1CCC(Oc2ccc(NCc3ccc(NS(=O)(=O)C(C)C)cc3)cc2)C1C. The van der Waals surface area contributed by atoms with Gasteiger partial charge in [-0.05, 0) is 80.5 Å². The summed E-state index contributed by atoms with van der Waals surface area (Å²) in [6, 6.07) is 15.5. The van der Waals surface area contributed by atoms with Gasteiger partial charge in [0.05, 0.1) is 5.25 Å². The van der Waals surface area contributed by atoms with Crippen LogP contribution in [0.2, 0.25) is 0 Å². The Morgan fingerprint density at radius 2 is 1.59 bits per heavy atom. The second-order valence-corrected chi connectivity index (χ2v) is 10.6. The Morgan fingerprint density at radius 3 is 2.14 bits per heavy atom. The maximum atomic E-state index is 11.9. The molecular formula is C23H32N2O3S. The van der Waals surface area contributed by atoms with Crippen molar-refractivity contribution in [2.24, 2.45) is 11.8 Å².